The summed E-state index contributed by atoms with van der Waals surface area (Å²) in [5.74, 6) is -0.974. The molecular weight excluding hydrogens is 250 g/mol. The molecule has 0 unspecified atom stereocenters. The van der Waals surface area contributed by atoms with E-state index in [9.17, 15) is 8.78 Å². The minimum absolute atomic E-state index is 0.252. The zero-order chi connectivity index (χ0) is 13.7. The summed E-state index contributed by atoms with van der Waals surface area (Å²) in [5, 5.41) is 0. The highest BCUT2D eigenvalue weighted by molar-refractivity contribution is 5.40. The average Bonchev–Trinajstić information content (AvgIpc) is 2.62. The molecule has 1 aliphatic heterocycles. The molecular formula is C13H20F2N4. The van der Waals surface area contributed by atoms with Crippen LogP contribution in [0.15, 0.2) is 12.3 Å². The minimum Gasteiger partial charge on any atom is -0.353 e. The van der Waals surface area contributed by atoms with Crippen molar-refractivity contribution < 1.29 is 8.78 Å². The normalized spacial score (nSPS) is 17.5. The van der Waals surface area contributed by atoms with Gasteiger partial charge in [-0.15, -0.1) is 0 Å². The number of nitrogens with two attached hydrogens (primary N) is 1. The van der Waals surface area contributed by atoms with E-state index in [1.54, 1.807) is 0 Å². The smallest absolute Gasteiger partial charge is 0.168 e. The lowest BCUT2D eigenvalue weighted by atomic mass is 10.3. The van der Waals surface area contributed by atoms with Crippen molar-refractivity contribution in [2.45, 2.75) is 12.8 Å². The van der Waals surface area contributed by atoms with Crippen LogP contribution in [0.3, 0.4) is 0 Å². The standard InChI is InChI=1S/C13H20F2N4/c14-11-9-12(15)13(17-10-11)19-6-2-5-18(7-8-19)4-1-3-16/h9-10H,1-8,16H2. The molecule has 0 amide bonds. The topological polar surface area (TPSA) is 45.4 Å². The molecule has 0 saturated carbocycles. The summed E-state index contributed by atoms with van der Waals surface area (Å²) in [6, 6.07) is 0.888. The van der Waals surface area contributed by atoms with Gasteiger partial charge in [0.05, 0.1) is 6.20 Å². The van der Waals surface area contributed by atoms with E-state index >= 15 is 0 Å². The molecule has 0 spiro atoms. The van der Waals surface area contributed by atoms with Gasteiger partial charge in [-0.3, -0.25) is 0 Å². The van der Waals surface area contributed by atoms with E-state index in [2.05, 4.69) is 9.88 Å². The second-order valence-corrected chi connectivity index (χ2v) is 4.78. The van der Waals surface area contributed by atoms with Gasteiger partial charge in [-0.2, -0.15) is 0 Å². The van der Waals surface area contributed by atoms with Gasteiger partial charge in [-0.25, -0.2) is 13.8 Å². The zero-order valence-corrected chi connectivity index (χ0v) is 11.0. The van der Waals surface area contributed by atoms with Crippen LogP contribution in [-0.2, 0) is 0 Å². The Bertz CT molecular complexity index is 414. The summed E-state index contributed by atoms with van der Waals surface area (Å²) in [7, 11) is 0. The van der Waals surface area contributed by atoms with Crippen molar-refractivity contribution in [1.82, 2.24) is 9.88 Å². The lowest BCUT2D eigenvalue weighted by Gasteiger charge is -2.22. The third-order valence-electron chi connectivity index (χ3n) is 3.35. The quantitative estimate of drug-likeness (QED) is 0.893. The third-order valence-corrected chi connectivity index (χ3v) is 3.35. The van der Waals surface area contributed by atoms with Crippen LogP contribution in [0, 0.1) is 11.6 Å². The Hall–Kier alpha value is -1.27. The van der Waals surface area contributed by atoms with Crippen molar-refractivity contribution in [1.29, 1.82) is 0 Å². The van der Waals surface area contributed by atoms with Crippen molar-refractivity contribution in [2.24, 2.45) is 5.73 Å². The maximum Gasteiger partial charge on any atom is 0.168 e. The first-order valence-electron chi connectivity index (χ1n) is 6.69. The molecule has 106 valence electrons. The first-order valence-corrected chi connectivity index (χ1v) is 6.69. The molecule has 0 radical (unpaired) electrons. The summed E-state index contributed by atoms with van der Waals surface area (Å²) < 4.78 is 26.5. The molecule has 2 N–H and O–H groups in total. The molecule has 19 heavy (non-hydrogen) atoms. The van der Waals surface area contributed by atoms with Crippen LogP contribution in [0.5, 0.6) is 0 Å². The molecule has 0 bridgehead atoms. The number of aromatic nitrogens is 1. The Labute approximate surface area is 112 Å². The van der Waals surface area contributed by atoms with E-state index in [1.165, 1.54) is 0 Å². The van der Waals surface area contributed by atoms with Crippen LogP contribution in [0.4, 0.5) is 14.6 Å². The molecule has 1 fully saturated rings. The van der Waals surface area contributed by atoms with Crippen LogP contribution >= 0.6 is 0 Å². The van der Waals surface area contributed by atoms with Gasteiger partial charge in [0.15, 0.2) is 11.6 Å². The second-order valence-electron chi connectivity index (χ2n) is 4.78. The molecule has 1 saturated heterocycles. The van der Waals surface area contributed by atoms with Gasteiger partial charge < -0.3 is 15.5 Å². The van der Waals surface area contributed by atoms with Crippen LogP contribution in [0.25, 0.3) is 0 Å². The molecule has 2 rings (SSSR count). The predicted molar refractivity (Wildman–Crippen MR) is 71.1 cm³/mol. The van der Waals surface area contributed by atoms with Crippen molar-refractivity contribution in [3.05, 3.63) is 23.9 Å². The van der Waals surface area contributed by atoms with Crippen molar-refractivity contribution in [3.8, 4) is 0 Å². The minimum atomic E-state index is -0.638. The van der Waals surface area contributed by atoms with Gasteiger partial charge in [-0.05, 0) is 32.5 Å². The number of anilines is 1. The summed E-state index contributed by atoms with van der Waals surface area (Å²) >= 11 is 0. The van der Waals surface area contributed by atoms with Crippen LogP contribution in [0.1, 0.15) is 12.8 Å². The van der Waals surface area contributed by atoms with Crippen LogP contribution < -0.4 is 10.6 Å². The van der Waals surface area contributed by atoms with Gasteiger partial charge in [0, 0.05) is 25.7 Å². The fraction of sp³-hybridized carbons (Fsp3) is 0.615. The van der Waals surface area contributed by atoms with Gasteiger partial charge in [-0.1, -0.05) is 0 Å². The predicted octanol–water partition coefficient (Wildman–Crippen LogP) is 1.22. The number of hydrogen-bond donors (Lipinski definition) is 1. The molecule has 0 aromatic carbocycles. The van der Waals surface area contributed by atoms with Gasteiger partial charge in [0.25, 0.3) is 0 Å². The molecule has 1 aromatic rings. The van der Waals surface area contributed by atoms with E-state index in [4.69, 9.17) is 5.73 Å². The lowest BCUT2D eigenvalue weighted by Crippen LogP contribution is -2.32. The van der Waals surface area contributed by atoms with Gasteiger partial charge >= 0.3 is 0 Å². The van der Waals surface area contributed by atoms with E-state index in [0.717, 1.165) is 51.3 Å². The Kier molecular flexibility index (Phi) is 5.04. The maximum atomic E-state index is 13.7. The van der Waals surface area contributed by atoms with E-state index < -0.39 is 11.6 Å². The summed E-state index contributed by atoms with van der Waals surface area (Å²) in [6.45, 7) is 4.96. The van der Waals surface area contributed by atoms with Crippen molar-refractivity contribution >= 4 is 5.82 Å². The summed E-state index contributed by atoms with van der Waals surface area (Å²) in [6.07, 6.45) is 2.99. The SMILES string of the molecule is NCCCN1CCCN(c2ncc(F)cc2F)CC1. The van der Waals surface area contributed by atoms with Crippen LogP contribution in [-0.4, -0.2) is 49.2 Å². The van der Waals surface area contributed by atoms with Crippen molar-refractivity contribution in [3.63, 3.8) is 0 Å². The Morgan fingerprint density at radius 3 is 2.79 bits per heavy atom. The Balaban J connectivity index is 1.98. The fourth-order valence-electron chi connectivity index (χ4n) is 2.36. The molecule has 2 heterocycles. The molecule has 1 aliphatic rings. The number of pyridine rings is 1. The van der Waals surface area contributed by atoms with E-state index in [-0.39, 0.29) is 5.82 Å². The molecule has 0 atom stereocenters. The van der Waals surface area contributed by atoms with Crippen LogP contribution in [0.2, 0.25) is 0 Å². The number of rotatable bonds is 4. The fourth-order valence-corrected chi connectivity index (χ4v) is 2.36. The average molecular weight is 270 g/mol. The number of hydrogen-bond acceptors (Lipinski definition) is 4. The largest absolute Gasteiger partial charge is 0.353 e. The first kappa shape index (κ1) is 14.1. The summed E-state index contributed by atoms with van der Waals surface area (Å²) in [5.41, 5.74) is 5.50. The Morgan fingerprint density at radius 2 is 2.05 bits per heavy atom. The monoisotopic (exact) mass is 270 g/mol. The van der Waals surface area contributed by atoms with E-state index in [0.29, 0.717) is 13.1 Å². The highest BCUT2D eigenvalue weighted by atomic mass is 19.1. The van der Waals surface area contributed by atoms with Gasteiger partial charge in [0.1, 0.15) is 5.82 Å². The third kappa shape index (κ3) is 3.84. The van der Waals surface area contributed by atoms with E-state index in [1.807, 2.05) is 4.90 Å². The molecule has 0 aliphatic carbocycles. The number of nitrogens with zero attached hydrogens (tertiary/aromatic N) is 3. The van der Waals surface area contributed by atoms with Gasteiger partial charge in [0.2, 0.25) is 0 Å². The molecule has 1 aromatic heterocycles. The number of halogens is 2. The highest BCUT2D eigenvalue weighted by Gasteiger charge is 2.18. The summed E-state index contributed by atoms with van der Waals surface area (Å²) in [4.78, 5) is 8.08. The molecule has 6 heteroatoms. The maximum absolute atomic E-state index is 13.7. The highest BCUT2D eigenvalue weighted by Crippen LogP contribution is 2.18. The zero-order valence-electron chi connectivity index (χ0n) is 11.0. The molecule has 4 nitrogen and oxygen atoms in total. The first-order chi connectivity index (χ1) is 9.20. The second kappa shape index (κ2) is 6.77. The van der Waals surface area contributed by atoms with Crippen molar-refractivity contribution in [2.75, 3.05) is 44.2 Å². The lowest BCUT2D eigenvalue weighted by molar-refractivity contribution is 0.291. The Morgan fingerprint density at radius 1 is 1.21 bits per heavy atom.